The molecule has 3 atom stereocenters. The number of likely N-dealkylation sites (tertiary alicyclic amines) is 1. The zero-order chi connectivity index (χ0) is 48.3. The number of aromatic nitrogens is 5. The van der Waals surface area contributed by atoms with Crippen molar-refractivity contribution < 1.29 is 47.6 Å². The van der Waals surface area contributed by atoms with Crippen molar-refractivity contribution >= 4 is 46.2 Å². The fourth-order valence-corrected chi connectivity index (χ4v) is 8.81. The number of amides is 3. The topological polar surface area (TPSA) is 218 Å². The van der Waals surface area contributed by atoms with Crippen molar-refractivity contribution in [3.05, 3.63) is 101 Å². The van der Waals surface area contributed by atoms with E-state index in [0.717, 1.165) is 46.3 Å². The van der Waals surface area contributed by atoms with E-state index in [4.69, 9.17) is 33.1 Å². The first-order chi connectivity index (χ1) is 33.4. The van der Waals surface area contributed by atoms with Crippen molar-refractivity contribution in [2.45, 2.75) is 78.5 Å². The van der Waals surface area contributed by atoms with E-state index in [9.17, 15) is 19.5 Å². The summed E-state index contributed by atoms with van der Waals surface area (Å²) in [6, 6.07) is 15.8. The number of anilines is 1. The molecular formula is C49H59N9O10S. The summed E-state index contributed by atoms with van der Waals surface area (Å²) < 4.78 is 36.6. The third kappa shape index (κ3) is 13.0. The summed E-state index contributed by atoms with van der Waals surface area (Å²) in [4.78, 5) is 62.7. The molecule has 1 saturated heterocycles. The molecule has 6 aromatic rings. The van der Waals surface area contributed by atoms with Crippen molar-refractivity contribution in [2.75, 3.05) is 64.2 Å². The van der Waals surface area contributed by atoms with E-state index in [1.807, 2.05) is 100 Å². The first-order valence-electron chi connectivity index (χ1n) is 23.0. The Bertz CT molecular complexity index is 2650. The van der Waals surface area contributed by atoms with E-state index in [1.54, 1.807) is 17.5 Å². The molecular weight excluding hydrogens is 907 g/mol. The van der Waals surface area contributed by atoms with Gasteiger partial charge in [0.2, 0.25) is 17.7 Å². The van der Waals surface area contributed by atoms with Crippen LogP contribution in [0.15, 0.2) is 83.1 Å². The predicted octanol–water partition coefficient (Wildman–Crippen LogP) is 4.69. The smallest absolute Gasteiger partial charge is 0.298 e. The number of pyridine rings is 1. The summed E-state index contributed by atoms with van der Waals surface area (Å²) in [5, 5.41) is 16.3. The molecule has 6 heterocycles. The Kier molecular flexibility index (Phi) is 16.2. The Morgan fingerprint density at radius 2 is 1.68 bits per heavy atom. The van der Waals surface area contributed by atoms with Gasteiger partial charge in [0.1, 0.15) is 54.7 Å². The lowest BCUT2D eigenvalue weighted by atomic mass is 9.85. The highest BCUT2D eigenvalue weighted by molar-refractivity contribution is 7.13. The maximum absolute atomic E-state index is 13.9. The van der Waals surface area contributed by atoms with Crippen LogP contribution in [0.5, 0.6) is 11.5 Å². The van der Waals surface area contributed by atoms with Gasteiger partial charge >= 0.3 is 0 Å². The minimum atomic E-state index is -0.966. The molecule has 3 amide bonds. The van der Waals surface area contributed by atoms with Gasteiger partial charge in [-0.25, -0.2) is 9.97 Å². The van der Waals surface area contributed by atoms with Gasteiger partial charge < -0.3 is 58.2 Å². The number of nitrogens with zero attached hydrogens (tertiary/aromatic N) is 7. The van der Waals surface area contributed by atoms with Gasteiger partial charge in [-0.2, -0.15) is 4.98 Å². The van der Waals surface area contributed by atoms with Crippen molar-refractivity contribution in [3.8, 4) is 21.9 Å². The third-order valence-corrected chi connectivity index (χ3v) is 12.7. The number of carbonyl (C=O) groups excluding carboxylic acids is 3. The molecule has 1 fully saturated rings. The van der Waals surface area contributed by atoms with Gasteiger partial charge in [-0.3, -0.25) is 19.4 Å². The Hall–Kier alpha value is -6.45. The van der Waals surface area contributed by atoms with Crippen LogP contribution in [0.3, 0.4) is 0 Å². The average molecular weight is 966 g/mol. The molecule has 0 unspecified atom stereocenters. The third-order valence-electron chi connectivity index (χ3n) is 11.7. The van der Waals surface area contributed by atoms with Crippen LogP contribution in [0.2, 0.25) is 0 Å². The van der Waals surface area contributed by atoms with E-state index in [1.165, 1.54) is 4.90 Å². The Balaban J connectivity index is 0.670. The van der Waals surface area contributed by atoms with Crippen LogP contribution in [-0.2, 0) is 54.8 Å². The molecule has 8 rings (SSSR count). The number of β-amino-alcohol motifs (C(OH)–C–C–N with tert-alkyl or cyclic N) is 1. The quantitative estimate of drug-likeness (QED) is 0.0787. The Morgan fingerprint density at radius 3 is 2.42 bits per heavy atom. The molecule has 3 N–H and O–H groups in total. The summed E-state index contributed by atoms with van der Waals surface area (Å²) in [6.07, 6.45) is 4.66. The lowest BCUT2D eigenvalue weighted by Crippen LogP contribution is -2.58. The second kappa shape index (κ2) is 22.8. The number of aliphatic hydroxyl groups is 1. The van der Waals surface area contributed by atoms with Crippen LogP contribution in [0.25, 0.3) is 21.5 Å². The zero-order valence-electron chi connectivity index (χ0n) is 39.3. The Labute approximate surface area is 404 Å². The number of aliphatic hydroxyl groups excluding tert-OH is 1. The molecule has 366 valence electrons. The molecule has 0 spiro atoms. The molecule has 0 bridgehead atoms. The van der Waals surface area contributed by atoms with Gasteiger partial charge in [-0.05, 0) is 47.7 Å². The number of carbonyl (C=O) groups is 3. The minimum absolute atomic E-state index is 0.0172. The number of thiazole rings is 1. The summed E-state index contributed by atoms with van der Waals surface area (Å²) in [6.45, 7) is 11.6. The van der Waals surface area contributed by atoms with E-state index < -0.39 is 35.4 Å². The molecule has 20 heteroatoms. The maximum atomic E-state index is 13.9. The number of nitrogens with one attached hydrogen (secondary N) is 2. The minimum Gasteiger partial charge on any atom is -0.490 e. The van der Waals surface area contributed by atoms with Crippen molar-refractivity contribution in [3.63, 3.8) is 0 Å². The highest BCUT2D eigenvalue weighted by Gasteiger charge is 2.44. The first kappa shape index (κ1) is 49.0. The molecule has 69 heavy (non-hydrogen) atoms. The van der Waals surface area contributed by atoms with E-state index in [0.29, 0.717) is 61.6 Å². The average Bonchev–Trinajstić information content (AvgIpc) is 4.17. The fourth-order valence-electron chi connectivity index (χ4n) is 8.00. The molecule has 2 aliphatic heterocycles. The van der Waals surface area contributed by atoms with Gasteiger partial charge in [-0.15, -0.1) is 11.3 Å². The van der Waals surface area contributed by atoms with Crippen LogP contribution < -0.4 is 25.0 Å². The van der Waals surface area contributed by atoms with Gasteiger partial charge in [0, 0.05) is 51.1 Å². The first-order valence-corrected chi connectivity index (χ1v) is 23.9. The number of rotatable bonds is 22. The van der Waals surface area contributed by atoms with Crippen LogP contribution in [0.4, 0.5) is 6.01 Å². The van der Waals surface area contributed by atoms with Crippen molar-refractivity contribution in [2.24, 2.45) is 5.41 Å². The number of hydrogen-bond acceptors (Lipinski definition) is 16. The summed E-state index contributed by atoms with van der Waals surface area (Å²) in [5.41, 5.74) is 6.16. The van der Waals surface area contributed by atoms with E-state index in [2.05, 4.69) is 35.1 Å². The molecule has 2 aromatic carbocycles. The van der Waals surface area contributed by atoms with Gasteiger partial charge in [0.05, 0.1) is 73.7 Å². The van der Waals surface area contributed by atoms with E-state index in [-0.39, 0.29) is 51.8 Å². The highest BCUT2D eigenvalue weighted by Crippen LogP contribution is 2.30. The number of ether oxygens (including phenoxy) is 5. The highest BCUT2D eigenvalue weighted by atomic mass is 32.1. The number of hydrogen-bond donors (Lipinski definition) is 3. The number of fused-ring (bicyclic) bond motifs is 2. The van der Waals surface area contributed by atoms with Crippen molar-refractivity contribution in [1.82, 2.24) is 40.0 Å². The van der Waals surface area contributed by atoms with Gasteiger partial charge in [-0.1, -0.05) is 45.0 Å². The van der Waals surface area contributed by atoms with Gasteiger partial charge in [0.15, 0.2) is 5.58 Å². The summed E-state index contributed by atoms with van der Waals surface area (Å²) in [5.74, 6) is 0.944. The molecule has 4 aromatic heterocycles. The predicted molar refractivity (Wildman–Crippen MR) is 255 cm³/mol. The van der Waals surface area contributed by atoms with Crippen molar-refractivity contribution in [1.29, 1.82) is 0 Å². The van der Waals surface area contributed by atoms with Crippen LogP contribution in [0, 0.1) is 12.3 Å². The largest absolute Gasteiger partial charge is 0.490 e. The number of oxazole rings is 1. The number of benzene rings is 2. The second-order valence-corrected chi connectivity index (χ2v) is 18.8. The van der Waals surface area contributed by atoms with Crippen LogP contribution in [0.1, 0.15) is 50.0 Å². The second-order valence-electron chi connectivity index (χ2n) is 17.9. The summed E-state index contributed by atoms with van der Waals surface area (Å²) in [7, 11) is 0. The lowest BCUT2D eigenvalue weighted by Gasteiger charge is -2.35. The standard InChI is InChI=1S/C49H59N9O10S/c1-32-44(69-31-53-32)34-7-5-33(6-8-34)25-52-46(61)40-23-36(59)27-58(40)47(62)45(49(2,3)4)55-43(60)30-65-20-19-63-17-18-64-21-22-66-38-10-9-35(51-26-38)29-67-37-11-12-41-39(24-37)54-48(68-41)57-16-15-56-14-13-50-42(56)28-57/h5-14,24,26,31,36,40,45,59H,15-23,25,27-30H2,1-4H3,(H,52,61)(H,55,60)/t36-,40+,45-/m1/s1. The fraction of sp³-hybridized carbons (Fsp3) is 0.449. The van der Waals surface area contributed by atoms with Crippen LogP contribution >= 0.6 is 11.3 Å². The Morgan fingerprint density at radius 1 is 0.913 bits per heavy atom. The summed E-state index contributed by atoms with van der Waals surface area (Å²) >= 11 is 1.57. The van der Waals surface area contributed by atoms with E-state index >= 15 is 0 Å². The molecule has 0 radical (unpaired) electrons. The van der Waals surface area contributed by atoms with Crippen LogP contribution in [-0.4, -0.2) is 130 Å². The maximum Gasteiger partial charge on any atom is 0.298 e. The number of aryl methyl sites for hydroxylation is 1. The molecule has 2 aliphatic rings. The number of imidazole rings is 1. The van der Waals surface area contributed by atoms with Gasteiger partial charge in [0.25, 0.3) is 6.01 Å². The normalized spacial score (nSPS) is 16.4. The molecule has 0 saturated carbocycles. The zero-order valence-corrected chi connectivity index (χ0v) is 40.1. The molecule has 19 nitrogen and oxygen atoms in total. The lowest BCUT2D eigenvalue weighted by molar-refractivity contribution is -0.144. The molecule has 0 aliphatic carbocycles. The SMILES string of the molecule is Cc1ncsc1-c1ccc(CNC(=O)[C@@H]2C[C@@H](O)CN2C(=O)[C@@H](NC(=O)COCCOCCOCCOc2ccc(COc3ccc4oc(N5CCn6ccnc6C5)nc4c3)nc2)C(C)(C)C)cc1. The monoisotopic (exact) mass is 965 g/mol.